The van der Waals surface area contributed by atoms with E-state index in [1.54, 1.807) is 0 Å². The Bertz CT molecular complexity index is 726. The first-order valence-corrected chi connectivity index (χ1v) is 7.54. The predicted octanol–water partition coefficient (Wildman–Crippen LogP) is 1.46. The molecule has 19 heavy (non-hydrogen) atoms. The second kappa shape index (κ2) is 5.49. The first kappa shape index (κ1) is 13.7. The van der Waals surface area contributed by atoms with Gasteiger partial charge in [0.15, 0.2) is 0 Å². The fourth-order valence-electron chi connectivity index (χ4n) is 1.82. The molecule has 0 spiro atoms. The summed E-state index contributed by atoms with van der Waals surface area (Å²) < 4.78 is 1.69. The Balaban J connectivity index is 2.58. The Morgan fingerprint density at radius 2 is 2.37 bits per heavy atom. The van der Waals surface area contributed by atoms with Crippen molar-refractivity contribution in [2.24, 2.45) is 10.7 Å². The van der Waals surface area contributed by atoms with Crippen LogP contribution in [-0.2, 0) is 0 Å². The number of fused-ring (bicyclic) bond motifs is 1. The summed E-state index contributed by atoms with van der Waals surface area (Å²) in [5.74, 6) is 0. The maximum absolute atomic E-state index is 9.22. The summed E-state index contributed by atoms with van der Waals surface area (Å²) in [5, 5.41) is 13.3. The first-order chi connectivity index (χ1) is 9.02. The molecule has 5 nitrogen and oxygen atoms in total. The SMILES string of the molecule is Cc1cc(C)c2c(N/C=N/C(N)=S)c(C#N)[se]c2n1. The van der Waals surface area contributed by atoms with Gasteiger partial charge < -0.3 is 0 Å². The van der Waals surface area contributed by atoms with E-state index in [2.05, 4.69) is 33.6 Å². The van der Waals surface area contributed by atoms with Gasteiger partial charge in [0.2, 0.25) is 0 Å². The van der Waals surface area contributed by atoms with Crippen molar-refractivity contribution in [2.75, 3.05) is 5.32 Å². The number of hydrogen-bond acceptors (Lipinski definition) is 3. The predicted molar refractivity (Wildman–Crippen MR) is 81.8 cm³/mol. The van der Waals surface area contributed by atoms with Gasteiger partial charge in [-0.25, -0.2) is 0 Å². The number of pyridine rings is 1. The van der Waals surface area contributed by atoms with Crippen molar-refractivity contribution < 1.29 is 0 Å². The van der Waals surface area contributed by atoms with Crippen LogP contribution in [0.2, 0.25) is 0 Å². The normalized spacial score (nSPS) is 10.8. The summed E-state index contributed by atoms with van der Waals surface area (Å²) in [7, 11) is 0. The average molecular weight is 336 g/mol. The summed E-state index contributed by atoms with van der Waals surface area (Å²) in [6.45, 7) is 3.96. The first-order valence-electron chi connectivity index (χ1n) is 5.42. The van der Waals surface area contributed by atoms with Crippen LogP contribution < -0.4 is 11.1 Å². The molecule has 96 valence electrons. The molecule has 0 fully saturated rings. The molecule has 0 amide bonds. The molecule has 0 aliphatic rings. The van der Waals surface area contributed by atoms with Gasteiger partial charge in [-0.1, -0.05) is 0 Å². The van der Waals surface area contributed by atoms with Gasteiger partial charge in [0, 0.05) is 0 Å². The zero-order chi connectivity index (χ0) is 14.0. The summed E-state index contributed by atoms with van der Waals surface area (Å²) >= 11 is 4.60. The van der Waals surface area contributed by atoms with E-state index in [4.69, 9.17) is 5.73 Å². The summed E-state index contributed by atoms with van der Waals surface area (Å²) in [6.07, 6.45) is 1.42. The van der Waals surface area contributed by atoms with E-state index in [1.807, 2.05) is 19.9 Å². The Hall–Kier alpha value is -1.74. The summed E-state index contributed by atoms with van der Waals surface area (Å²) in [5.41, 5.74) is 8.12. The molecular formula is C12H11N5SSe. The number of aliphatic imine (C=N–C) groups is 1. The molecule has 2 rings (SSSR count). The molecule has 0 saturated heterocycles. The summed E-state index contributed by atoms with van der Waals surface area (Å²) in [4.78, 5) is 8.30. The quantitative estimate of drug-likeness (QED) is 0.375. The van der Waals surface area contributed by atoms with E-state index in [9.17, 15) is 5.26 Å². The fourth-order valence-corrected chi connectivity index (χ4v) is 4.09. The number of nitrogens with two attached hydrogens (primary N) is 1. The molecule has 0 saturated carbocycles. The third-order valence-corrected chi connectivity index (χ3v) is 4.67. The van der Waals surface area contributed by atoms with E-state index in [1.165, 1.54) is 6.34 Å². The average Bonchev–Trinajstić information content (AvgIpc) is 2.66. The second-order valence-corrected chi connectivity index (χ2v) is 6.43. The van der Waals surface area contributed by atoms with Crippen molar-refractivity contribution >= 4 is 53.6 Å². The van der Waals surface area contributed by atoms with Crippen molar-refractivity contribution in [3.63, 3.8) is 0 Å². The minimum absolute atomic E-state index is 0.0501. The van der Waals surface area contributed by atoms with Crippen LogP contribution in [0.15, 0.2) is 11.1 Å². The molecule has 2 aromatic rings. The number of hydrogen-bond donors (Lipinski definition) is 2. The molecule has 0 unspecified atom stereocenters. The van der Waals surface area contributed by atoms with Crippen LogP contribution in [0.4, 0.5) is 5.69 Å². The van der Waals surface area contributed by atoms with Crippen molar-refractivity contribution in [1.82, 2.24) is 4.98 Å². The number of thiocarbonyl (C=S) groups is 1. The van der Waals surface area contributed by atoms with Crippen molar-refractivity contribution in [3.05, 3.63) is 21.8 Å². The number of anilines is 1. The molecule has 2 heterocycles. The number of rotatable bonds is 2. The van der Waals surface area contributed by atoms with Gasteiger partial charge in [-0.3, -0.25) is 0 Å². The Kier molecular flexibility index (Phi) is 3.95. The van der Waals surface area contributed by atoms with Crippen LogP contribution in [-0.4, -0.2) is 30.9 Å². The molecule has 0 aliphatic carbocycles. The minimum atomic E-state index is -0.0692. The second-order valence-electron chi connectivity index (χ2n) is 3.92. The van der Waals surface area contributed by atoms with Crippen LogP contribution in [0.25, 0.3) is 9.78 Å². The molecule has 7 heteroatoms. The third-order valence-electron chi connectivity index (χ3n) is 2.49. The zero-order valence-electron chi connectivity index (χ0n) is 10.4. The Labute approximate surface area is 121 Å². The van der Waals surface area contributed by atoms with Crippen LogP contribution in [0.3, 0.4) is 0 Å². The fraction of sp³-hybridized carbons (Fsp3) is 0.167. The molecule has 3 N–H and O–H groups in total. The van der Waals surface area contributed by atoms with Gasteiger partial charge in [-0.05, 0) is 0 Å². The maximum atomic E-state index is 9.22. The van der Waals surface area contributed by atoms with Gasteiger partial charge in [0.1, 0.15) is 0 Å². The van der Waals surface area contributed by atoms with Gasteiger partial charge in [0.25, 0.3) is 0 Å². The molecule has 0 bridgehead atoms. The molecule has 0 aliphatic heterocycles. The van der Waals surface area contributed by atoms with E-state index >= 15 is 0 Å². The third kappa shape index (κ3) is 2.82. The van der Waals surface area contributed by atoms with E-state index in [-0.39, 0.29) is 19.6 Å². The molecule has 0 aromatic carbocycles. The standard InChI is InChI=1S/C12H11N5SSe/c1-6-3-7(2)17-11-9(6)10(8(4-13)19-11)15-5-16-12(14)18/h3,5H,1-2H3,(H3,14,15,16,18). The van der Waals surface area contributed by atoms with Crippen molar-refractivity contribution in [1.29, 1.82) is 5.26 Å². The van der Waals surface area contributed by atoms with Crippen LogP contribution in [0.1, 0.15) is 15.7 Å². The van der Waals surface area contributed by atoms with Crippen molar-refractivity contribution in [2.45, 2.75) is 13.8 Å². The van der Waals surface area contributed by atoms with Gasteiger partial charge in [-0.15, -0.1) is 0 Å². The van der Waals surface area contributed by atoms with E-state index in [0.29, 0.717) is 4.44 Å². The van der Waals surface area contributed by atoms with Crippen LogP contribution >= 0.6 is 12.2 Å². The number of nitrogens with one attached hydrogen (secondary N) is 1. The summed E-state index contributed by atoms with van der Waals surface area (Å²) in [6, 6.07) is 4.23. The van der Waals surface area contributed by atoms with E-state index < -0.39 is 0 Å². The van der Waals surface area contributed by atoms with Gasteiger partial charge in [0.05, 0.1) is 0 Å². The van der Waals surface area contributed by atoms with Gasteiger partial charge >= 0.3 is 122 Å². The molecule has 0 radical (unpaired) electrons. The Morgan fingerprint density at radius 1 is 1.63 bits per heavy atom. The number of nitriles is 1. The molecule has 0 atom stereocenters. The Morgan fingerprint density at radius 3 is 3.00 bits per heavy atom. The number of nitrogens with zero attached hydrogens (tertiary/aromatic N) is 3. The molecule has 2 aromatic heterocycles. The van der Waals surface area contributed by atoms with Crippen molar-refractivity contribution in [3.8, 4) is 6.07 Å². The van der Waals surface area contributed by atoms with Crippen LogP contribution in [0, 0.1) is 25.2 Å². The van der Waals surface area contributed by atoms with E-state index in [0.717, 1.165) is 26.7 Å². The van der Waals surface area contributed by atoms with Gasteiger partial charge in [-0.2, -0.15) is 0 Å². The topological polar surface area (TPSA) is 87.1 Å². The number of aryl methyl sites for hydroxylation is 2. The number of aromatic nitrogens is 1. The zero-order valence-corrected chi connectivity index (χ0v) is 12.9. The monoisotopic (exact) mass is 337 g/mol. The molecular weight excluding hydrogens is 325 g/mol. The van der Waals surface area contributed by atoms with Crippen LogP contribution in [0.5, 0.6) is 0 Å².